The Balaban J connectivity index is 1.24. The largest absolute Gasteiger partial charge is 0.491 e. The van der Waals surface area contributed by atoms with E-state index < -0.39 is 0 Å². The number of para-hydroxylation sites is 1. The fourth-order valence-corrected chi connectivity index (χ4v) is 4.29. The first-order valence-corrected chi connectivity index (χ1v) is 11.9. The van der Waals surface area contributed by atoms with Gasteiger partial charge in [-0.3, -0.25) is 19.4 Å². The fourth-order valence-electron chi connectivity index (χ4n) is 3.88. The summed E-state index contributed by atoms with van der Waals surface area (Å²) in [4.78, 5) is 17.1. The Labute approximate surface area is 203 Å². The van der Waals surface area contributed by atoms with E-state index in [-0.39, 0.29) is 5.91 Å². The van der Waals surface area contributed by atoms with Gasteiger partial charge in [-0.05, 0) is 31.3 Å². The van der Waals surface area contributed by atoms with Crippen molar-refractivity contribution in [3.05, 3.63) is 63.9 Å². The van der Waals surface area contributed by atoms with Crippen molar-refractivity contribution in [3.8, 4) is 17.1 Å². The monoisotopic (exact) mass is 485 g/mol. The van der Waals surface area contributed by atoms with Crippen LogP contribution < -0.4 is 4.74 Å². The molecule has 0 saturated carbocycles. The van der Waals surface area contributed by atoms with Crippen LogP contribution in [0, 0.1) is 11.7 Å². The van der Waals surface area contributed by atoms with E-state index in [1.165, 1.54) is 5.56 Å². The maximum absolute atomic E-state index is 12.8. The molecule has 0 unspecified atom stereocenters. The zero-order chi connectivity index (χ0) is 23.2. The van der Waals surface area contributed by atoms with Gasteiger partial charge in [0.1, 0.15) is 12.4 Å². The highest BCUT2D eigenvalue weighted by molar-refractivity contribution is 7.71. The number of rotatable bonds is 8. The highest BCUT2D eigenvalue weighted by Crippen LogP contribution is 2.23. The second-order valence-electron chi connectivity index (χ2n) is 8.12. The first-order chi connectivity index (χ1) is 16.0. The lowest BCUT2D eigenvalue weighted by Crippen LogP contribution is -2.49. The summed E-state index contributed by atoms with van der Waals surface area (Å²) in [5.41, 5.74) is 2.16. The zero-order valence-electron chi connectivity index (χ0n) is 18.7. The maximum Gasteiger partial charge on any atom is 0.224 e. The van der Waals surface area contributed by atoms with Crippen LogP contribution in [-0.2, 0) is 11.3 Å². The summed E-state index contributed by atoms with van der Waals surface area (Å²) in [7, 11) is 0. The minimum Gasteiger partial charge on any atom is -0.491 e. The third-order valence-electron chi connectivity index (χ3n) is 5.84. The van der Waals surface area contributed by atoms with Gasteiger partial charge in [-0.1, -0.05) is 53.6 Å². The van der Waals surface area contributed by atoms with Crippen LogP contribution in [0.2, 0.25) is 5.02 Å². The van der Waals surface area contributed by atoms with Crippen LogP contribution in [0.25, 0.3) is 11.4 Å². The molecular formula is C24H28ClN5O2S. The molecule has 174 valence electrons. The molecule has 1 aromatic heterocycles. The number of nitrogens with zero attached hydrogens (tertiary/aromatic N) is 4. The molecule has 33 heavy (non-hydrogen) atoms. The van der Waals surface area contributed by atoms with Gasteiger partial charge >= 0.3 is 0 Å². The maximum atomic E-state index is 12.8. The van der Waals surface area contributed by atoms with Crippen molar-refractivity contribution in [2.75, 3.05) is 39.3 Å². The van der Waals surface area contributed by atoms with Gasteiger partial charge in [-0.15, -0.1) is 0 Å². The molecule has 1 aliphatic rings. The highest BCUT2D eigenvalue weighted by atomic mass is 35.5. The second-order valence-corrected chi connectivity index (χ2v) is 8.92. The molecule has 0 atom stereocenters. The lowest BCUT2D eigenvalue weighted by molar-refractivity contribution is -0.133. The van der Waals surface area contributed by atoms with E-state index in [0.717, 1.165) is 31.0 Å². The molecule has 0 radical (unpaired) electrons. The molecule has 0 spiro atoms. The Morgan fingerprint density at radius 3 is 2.55 bits per heavy atom. The summed E-state index contributed by atoms with van der Waals surface area (Å²) in [6.45, 7) is 7.01. The first-order valence-electron chi connectivity index (χ1n) is 11.1. The third-order valence-corrected chi connectivity index (χ3v) is 6.47. The Kier molecular flexibility index (Phi) is 7.80. The highest BCUT2D eigenvalue weighted by Gasteiger charge is 2.21. The summed E-state index contributed by atoms with van der Waals surface area (Å²) in [6, 6.07) is 15.6. The molecule has 0 aliphatic carbocycles. The van der Waals surface area contributed by atoms with Crippen molar-refractivity contribution in [1.82, 2.24) is 24.6 Å². The van der Waals surface area contributed by atoms with Crippen LogP contribution in [0.3, 0.4) is 0 Å². The molecule has 1 saturated heterocycles. The number of aromatic nitrogens is 3. The van der Waals surface area contributed by atoms with Gasteiger partial charge in [0.25, 0.3) is 0 Å². The van der Waals surface area contributed by atoms with Crippen LogP contribution in [0.15, 0.2) is 48.5 Å². The van der Waals surface area contributed by atoms with E-state index >= 15 is 0 Å². The summed E-state index contributed by atoms with van der Waals surface area (Å²) in [6.07, 6.45) is 0.391. The van der Waals surface area contributed by atoms with Crippen LogP contribution in [0.4, 0.5) is 0 Å². The van der Waals surface area contributed by atoms with Crippen LogP contribution >= 0.6 is 23.8 Å². The number of nitrogens with one attached hydrogen (secondary N) is 1. The average Bonchev–Trinajstić information content (AvgIpc) is 3.20. The number of carbonyl (C=O) groups excluding carboxylic acids is 1. The van der Waals surface area contributed by atoms with Gasteiger partial charge in [0, 0.05) is 51.3 Å². The number of hydrogen-bond acceptors (Lipinski definition) is 5. The van der Waals surface area contributed by atoms with Crippen LogP contribution in [0.5, 0.6) is 5.75 Å². The molecule has 2 heterocycles. The van der Waals surface area contributed by atoms with Crippen molar-refractivity contribution in [3.63, 3.8) is 0 Å². The molecule has 0 bridgehead atoms. The van der Waals surface area contributed by atoms with E-state index in [1.54, 1.807) is 0 Å². The minimum absolute atomic E-state index is 0.139. The third kappa shape index (κ3) is 6.01. The van der Waals surface area contributed by atoms with Gasteiger partial charge in [0.15, 0.2) is 10.6 Å². The number of halogens is 1. The topological polar surface area (TPSA) is 66.4 Å². The standard InChI is InChI=1S/C24H28ClN5O2S/c1-18-6-8-19(9-7-18)23-26-27-24(33)30(23)11-10-22(31)29-14-12-28(13-15-29)16-17-32-21-5-3-2-4-20(21)25/h2-9H,10-17H2,1H3,(H,27,33). The van der Waals surface area contributed by atoms with Gasteiger partial charge < -0.3 is 9.64 Å². The van der Waals surface area contributed by atoms with Crippen molar-refractivity contribution in [2.24, 2.45) is 0 Å². The Bertz CT molecular complexity index is 1140. The summed E-state index contributed by atoms with van der Waals surface area (Å²) < 4.78 is 8.22. The lowest BCUT2D eigenvalue weighted by Gasteiger charge is -2.34. The predicted octanol–water partition coefficient (Wildman–Crippen LogP) is 4.18. The lowest BCUT2D eigenvalue weighted by atomic mass is 10.1. The van der Waals surface area contributed by atoms with E-state index in [1.807, 2.05) is 64.9 Å². The van der Waals surface area contributed by atoms with E-state index in [4.69, 9.17) is 28.6 Å². The fraction of sp³-hybridized carbons (Fsp3) is 0.375. The normalized spacial score (nSPS) is 14.4. The molecule has 7 nitrogen and oxygen atoms in total. The van der Waals surface area contributed by atoms with Crippen molar-refractivity contribution in [1.29, 1.82) is 0 Å². The number of ether oxygens (including phenoxy) is 1. The molecule has 2 aromatic carbocycles. The number of hydrogen-bond donors (Lipinski definition) is 1. The molecule has 1 amide bonds. The summed E-state index contributed by atoms with van der Waals surface area (Å²) in [5.74, 6) is 1.60. The van der Waals surface area contributed by atoms with E-state index in [2.05, 4.69) is 15.1 Å². The van der Waals surface area contributed by atoms with Gasteiger partial charge in [-0.2, -0.15) is 5.10 Å². The van der Waals surface area contributed by atoms with Crippen molar-refractivity contribution >= 4 is 29.7 Å². The minimum atomic E-state index is 0.139. The van der Waals surface area contributed by atoms with Gasteiger partial charge in [-0.25, -0.2) is 0 Å². The van der Waals surface area contributed by atoms with Crippen molar-refractivity contribution in [2.45, 2.75) is 19.9 Å². The summed E-state index contributed by atoms with van der Waals surface area (Å²) >= 11 is 11.5. The first kappa shape index (κ1) is 23.5. The smallest absolute Gasteiger partial charge is 0.224 e. The number of carbonyl (C=O) groups is 1. The number of benzene rings is 2. The molecule has 3 aromatic rings. The molecule has 4 rings (SSSR count). The average molecular weight is 486 g/mol. The van der Waals surface area contributed by atoms with Gasteiger partial charge in [0.05, 0.1) is 5.02 Å². The number of amides is 1. The zero-order valence-corrected chi connectivity index (χ0v) is 20.2. The van der Waals surface area contributed by atoms with Gasteiger partial charge in [0.2, 0.25) is 5.91 Å². The number of H-pyrrole nitrogens is 1. The predicted molar refractivity (Wildman–Crippen MR) is 132 cm³/mol. The quantitative estimate of drug-likeness (QED) is 0.485. The van der Waals surface area contributed by atoms with Crippen LogP contribution in [0.1, 0.15) is 12.0 Å². The molecule has 1 fully saturated rings. The molecular weight excluding hydrogens is 458 g/mol. The Morgan fingerprint density at radius 2 is 1.82 bits per heavy atom. The summed E-state index contributed by atoms with van der Waals surface area (Å²) in [5, 5.41) is 7.85. The Morgan fingerprint density at radius 1 is 1.09 bits per heavy atom. The molecule has 9 heteroatoms. The van der Waals surface area contributed by atoms with Crippen molar-refractivity contribution < 1.29 is 9.53 Å². The SMILES string of the molecule is Cc1ccc(-c2n[nH]c(=S)n2CCC(=O)N2CCN(CCOc3ccccc3Cl)CC2)cc1. The second kappa shape index (κ2) is 11.0. The molecule has 1 N–H and O–H groups in total. The number of aromatic amines is 1. The number of piperazine rings is 1. The molecule has 1 aliphatic heterocycles. The van der Waals surface area contributed by atoms with Crippen LogP contribution in [-0.4, -0.2) is 69.8 Å². The Hall–Kier alpha value is -2.68. The number of aryl methyl sites for hydroxylation is 1. The van der Waals surface area contributed by atoms with E-state index in [9.17, 15) is 4.79 Å². The van der Waals surface area contributed by atoms with E-state index in [0.29, 0.717) is 48.2 Å².